The summed E-state index contributed by atoms with van der Waals surface area (Å²) in [5, 5.41) is 10.9. The van der Waals surface area contributed by atoms with E-state index >= 15 is 0 Å². The van der Waals surface area contributed by atoms with E-state index in [1.165, 1.54) is 0 Å². The number of rotatable bonds is 3. The van der Waals surface area contributed by atoms with Crippen LogP contribution in [-0.4, -0.2) is 43.8 Å². The van der Waals surface area contributed by atoms with E-state index in [0.717, 1.165) is 0 Å². The number of carbonyl (C=O) groups excluding carboxylic acids is 1. The van der Waals surface area contributed by atoms with Crippen LogP contribution in [0.4, 0.5) is 10.6 Å². The van der Waals surface area contributed by atoms with Crippen LogP contribution < -0.4 is 5.32 Å². The van der Waals surface area contributed by atoms with Crippen molar-refractivity contribution in [3.05, 3.63) is 36.7 Å². The van der Waals surface area contributed by atoms with Crippen molar-refractivity contribution in [1.29, 1.82) is 0 Å². The molecule has 2 amide bonds. The molecular formula is C15H18N6O. The van der Waals surface area contributed by atoms with Gasteiger partial charge in [0.15, 0.2) is 5.82 Å². The second kappa shape index (κ2) is 5.97. The van der Waals surface area contributed by atoms with Gasteiger partial charge in [-0.05, 0) is 26.0 Å². The summed E-state index contributed by atoms with van der Waals surface area (Å²) in [6.07, 6.45) is 5.62. The fourth-order valence-electron chi connectivity index (χ4n) is 2.27. The molecule has 2 aromatic heterocycles. The first kappa shape index (κ1) is 14.2. The summed E-state index contributed by atoms with van der Waals surface area (Å²) in [5.74, 6) is 1.20. The fourth-order valence-corrected chi connectivity index (χ4v) is 2.27. The highest BCUT2D eigenvalue weighted by Gasteiger charge is 2.16. The van der Waals surface area contributed by atoms with Crippen molar-refractivity contribution in [2.75, 3.05) is 18.4 Å². The van der Waals surface area contributed by atoms with Crippen molar-refractivity contribution in [3.63, 3.8) is 0 Å². The number of carbonyl (C=O) groups is 1. The van der Waals surface area contributed by atoms with Crippen LogP contribution in [0.1, 0.15) is 19.9 Å². The van der Waals surface area contributed by atoms with Crippen molar-refractivity contribution in [3.8, 4) is 11.5 Å². The quantitative estimate of drug-likeness (QED) is 0.882. The van der Waals surface area contributed by atoms with E-state index in [-0.39, 0.29) is 12.1 Å². The van der Waals surface area contributed by atoms with E-state index in [4.69, 9.17) is 0 Å². The summed E-state index contributed by atoms with van der Waals surface area (Å²) in [6.45, 7) is 5.37. The summed E-state index contributed by atoms with van der Waals surface area (Å²) in [7, 11) is 0. The minimum atomic E-state index is -0.153. The predicted octanol–water partition coefficient (Wildman–Crippen LogP) is 2.32. The molecule has 0 aromatic carbocycles. The van der Waals surface area contributed by atoms with Crippen molar-refractivity contribution in [2.45, 2.75) is 19.9 Å². The lowest BCUT2D eigenvalue weighted by Gasteiger charge is -2.16. The van der Waals surface area contributed by atoms with Gasteiger partial charge in [0.1, 0.15) is 17.8 Å². The standard InChI is InChI=1S/C15H18N6O/c1-11(2)21-10-16-19-14(21)12-6-5-7-13(17-12)18-15(22)20-8-3-4-9-20/h3-7,10-11H,8-9H2,1-2H3,(H,17,18,22). The van der Waals surface area contributed by atoms with Gasteiger partial charge in [0, 0.05) is 19.1 Å². The molecule has 0 bridgehead atoms. The molecule has 7 heteroatoms. The number of nitrogens with zero attached hydrogens (tertiary/aromatic N) is 5. The van der Waals surface area contributed by atoms with E-state index < -0.39 is 0 Å². The zero-order chi connectivity index (χ0) is 15.5. The largest absolute Gasteiger partial charge is 0.323 e. The predicted molar refractivity (Wildman–Crippen MR) is 83.4 cm³/mol. The third kappa shape index (κ3) is 2.83. The Morgan fingerprint density at radius 3 is 2.77 bits per heavy atom. The Kier molecular flexibility index (Phi) is 3.86. The molecule has 3 rings (SSSR count). The number of anilines is 1. The maximum atomic E-state index is 12.1. The molecule has 1 N–H and O–H groups in total. The van der Waals surface area contributed by atoms with E-state index in [0.29, 0.717) is 30.4 Å². The molecule has 0 atom stereocenters. The molecule has 0 spiro atoms. The molecule has 0 fully saturated rings. The van der Waals surface area contributed by atoms with Gasteiger partial charge in [-0.1, -0.05) is 18.2 Å². The molecule has 1 aliphatic heterocycles. The Balaban J connectivity index is 1.80. The van der Waals surface area contributed by atoms with Crippen molar-refractivity contribution >= 4 is 11.8 Å². The minimum Gasteiger partial charge on any atom is -0.317 e. The molecule has 0 saturated heterocycles. The Labute approximate surface area is 128 Å². The smallest absolute Gasteiger partial charge is 0.317 e. The maximum Gasteiger partial charge on any atom is 0.323 e. The zero-order valence-electron chi connectivity index (χ0n) is 12.6. The van der Waals surface area contributed by atoms with Crippen molar-refractivity contribution in [2.24, 2.45) is 0 Å². The highest BCUT2D eigenvalue weighted by atomic mass is 16.2. The van der Waals surface area contributed by atoms with Crippen LogP contribution in [0.5, 0.6) is 0 Å². The second-order valence-electron chi connectivity index (χ2n) is 5.37. The second-order valence-corrected chi connectivity index (χ2v) is 5.37. The number of hydrogen-bond acceptors (Lipinski definition) is 4. The number of nitrogens with one attached hydrogen (secondary N) is 1. The lowest BCUT2D eigenvalue weighted by atomic mass is 10.3. The van der Waals surface area contributed by atoms with Crippen molar-refractivity contribution in [1.82, 2.24) is 24.6 Å². The third-order valence-electron chi connectivity index (χ3n) is 3.45. The fraction of sp³-hybridized carbons (Fsp3) is 0.333. The van der Waals surface area contributed by atoms with Crippen LogP contribution in [0.2, 0.25) is 0 Å². The Morgan fingerprint density at radius 2 is 2.05 bits per heavy atom. The summed E-state index contributed by atoms with van der Waals surface area (Å²) < 4.78 is 1.94. The summed E-state index contributed by atoms with van der Waals surface area (Å²) >= 11 is 0. The number of amides is 2. The summed E-state index contributed by atoms with van der Waals surface area (Å²) in [4.78, 5) is 18.3. The van der Waals surface area contributed by atoms with Gasteiger partial charge in [0.2, 0.25) is 0 Å². The number of aromatic nitrogens is 4. The minimum absolute atomic E-state index is 0.153. The van der Waals surface area contributed by atoms with Gasteiger partial charge in [0.25, 0.3) is 0 Å². The molecule has 3 heterocycles. The summed E-state index contributed by atoms with van der Waals surface area (Å²) in [6, 6.07) is 5.55. The van der Waals surface area contributed by atoms with Gasteiger partial charge in [-0.15, -0.1) is 10.2 Å². The highest BCUT2D eigenvalue weighted by molar-refractivity contribution is 5.89. The van der Waals surface area contributed by atoms with Gasteiger partial charge in [0.05, 0.1) is 0 Å². The van der Waals surface area contributed by atoms with E-state index in [1.807, 2.05) is 28.9 Å². The SMILES string of the molecule is CC(C)n1cnnc1-c1cccc(NC(=O)N2CC=CC2)n1. The molecule has 0 aliphatic carbocycles. The molecule has 0 saturated carbocycles. The molecule has 7 nitrogen and oxygen atoms in total. The van der Waals surface area contributed by atoms with E-state index in [9.17, 15) is 4.79 Å². The first-order valence-electron chi connectivity index (χ1n) is 7.23. The lowest BCUT2D eigenvalue weighted by molar-refractivity contribution is 0.224. The van der Waals surface area contributed by atoms with E-state index in [1.54, 1.807) is 17.3 Å². The van der Waals surface area contributed by atoms with Crippen LogP contribution in [0, 0.1) is 0 Å². The van der Waals surface area contributed by atoms with Gasteiger partial charge in [-0.2, -0.15) is 0 Å². The van der Waals surface area contributed by atoms with Crippen molar-refractivity contribution < 1.29 is 4.79 Å². The Hall–Kier alpha value is -2.70. The van der Waals surface area contributed by atoms with Gasteiger partial charge in [-0.3, -0.25) is 5.32 Å². The van der Waals surface area contributed by atoms with Crippen LogP contribution in [0.25, 0.3) is 11.5 Å². The number of pyridine rings is 1. The number of urea groups is 1. The first-order chi connectivity index (χ1) is 10.6. The average Bonchev–Trinajstić information content (AvgIpc) is 3.19. The molecule has 22 heavy (non-hydrogen) atoms. The van der Waals surface area contributed by atoms with Gasteiger partial charge < -0.3 is 9.47 Å². The molecule has 0 unspecified atom stereocenters. The number of hydrogen-bond donors (Lipinski definition) is 1. The topological polar surface area (TPSA) is 75.9 Å². The average molecular weight is 298 g/mol. The highest BCUT2D eigenvalue weighted by Crippen LogP contribution is 2.19. The maximum absolute atomic E-state index is 12.1. The van der Waals surface area contributed by atoms with Crippen LogP contribution in [0.15, 0.2) is 36.7 Å². The molecule has 0 radical (unpaired) electrons. The first-order valence-corrected chi connectivity index (χ1v) is 7.23. The van der Waals surface area contributed by atoms with Crippen LogP contribution in [-0.2, 0) is 0 Å². The molecule has 1 aliphatic rings. The van der Waals surface area contributed by atoms with Gasteiger partial charge in [-0.25, -0.2) is 9.78 Å². The molecule has 2 aromatic rings. The van der Waals surface area contributed by atoms with Gasteiger partial charge >= 0.3 is 6.03 Å². The normalized spacial score (nSPS) is 13.9. The van der Waals surface area contributed by atoms with E-state index in [2.05, 4.69) is 34.3 Å². The summed E-state index contributed by atoms with van der Waals surface area (Å²) in [5.41, 5.74) is 0.684. The Bertz CT molecular complexity index is 698. The Morgan fingerprint density at radius 1 is 1.27 bits per heavy atom. The van der Waals surface area contributed by atoms with Crippen LogP contribution in [0.3, 0.4) is 0 Å². The zero-order valence-corrected chi connectivity index (χ0v) is 12.6. The van der Waals surface area contributed by atoms with Crippen LogP contribution >= 0.6 is 0 Å². The monoisotopic (exact) mass is 298 g/mol. The molecule has 114 valence electrons. The lowest BCUT2D eigenvalue weighted by Crippen LogP contribution is -2.32. The third-order valence-corrected chi connectivity index (χ3v) is 3.45. The molecular weight excluding hydrogens is 280 g/mol.